The molecule has 1 aliphatic carbocycles. The van der Waals surface area contributed by atoms with Gasteiger partial charge in [-0.05, 0) is 49.6 Å². The number of aromatic nitrogens is 1. The largest absolute Gasteiger partial charge is 0.491 e. The number of hydrogen-bond donors (Lipinski definition) is 0. The van der Waals surface area contributed by atoms with Crippen LogP contribution in [-0.4, -0.2) is 54.4 Å². The van der Waals surface area contributed by atoms with Gasteiger partial charge in [0.05, 0.1) is 28.8 Å². The maximum absolute atomic E-state index is 13.1. The molecule has 1 saturated carbocycles. The van der Waals surface area contributed by atoms with Crippen molar-refractivity contribution in [3.63, 3.8) is 0 Å². The molecule has 1 amide bonds. The van der Waals surface area contributed by atoms with Gasteiger partial charge < -0.3 is 14.4 Å². The lowest BCUT2D eigenvalue weighted by Gasteiger charge is -2.54. The Morgan fingerprint density at radius 3 is 2.62 bits per heavy atom. The standard InChI is InChI=1S/C23H22ClF3N2O3/c24-16-11-15(4-5-17(16)31-13-21(6-7-21)23(25,26)27)20(30)29-10-8-22(14-32-19(22)12-29)18-3-1-2-9-28-18/h1-5,9,11,19H,6-8,10,12-14H2/t19-,22-/m0/s1. The molecule has 5 nitrogen and oxygen atoms in total. The molecule has 5 rings (SSSR count). The lowest BCUT2D eigenvalue weighted by Crippen LogP contribution is -2.65. The minimum Gasteiger partial charge on any atom is -0.491 e. The van der Waals surface area contributed by atoms with Crippen LogP contribution in [0.5, 0.6) is 5.75 Å². The third-order valence-corrected chi connectivity index (χ3v) is 7.27. The normalized spacial score (nSPS) is 26.1. The first-order valence-electron chi connectivity index (χ1n) is 10.6. The van der Waals surface area contributed by atoms with E-state index in [1.54, 1.807) is 17.2 Å². The Hall–Kier alpha value is -2.32. The number of amides is 1. The van der Waals surface area contributed by atoms with Gasteiger partial charge in [-0.2, -0.15) is 13.2 Å². The highest BCUT2D eigenvalue weighted by Crippen LogP contribution is 2.57. The highest BCUT2D eigenvalue weighted by atomic mass is 35.5. The Balaban J connectivity index is 1.24. The van der Waals surface area contributed by atoms with Crippen molar-refractivity contribution in [3.05, 3.63) is 58.9 Å². The van der Waals surface area contributed by atoms with Gasteiger partial charge in [-0.15, -0.1) is 0 Å². The van der Waals surface area contributed by atoms with Gasteiger partial charge in [0, 0.05) is 24.8 Å². The van der Waals surface area contributed by atoms with E-state index < -0.39 is 18.2 Å². The molecule has 2 atom stereocenters. The number of benzene rings is 1. The number of piperidine rings is 1. The molecule has 3 heterocycles. The molecule has 1 aromatic heterocycles. The zero-order valence-electron chi connectivity index (χ0n) is 17.2. The zero-order chi connectivity index (χ0) is 22.6. The minimum absolute atomic E-state index is 0.0584. The minimum atomic E-state index is -4.29. The number of halogens is 4. The molecule has 3 fully saturated rings. The summed E-state index contributed by atoms with van der Waals surface area (Å²) in [6.07, 6.45) is -1.79. The number of rotatable bonds is 5. The Morgan fingerprint density at radius 2 is 2.06 bits per heavy atom. The number of hydrogen-bond acceptors (Lipinski definition) is 4. The molecule has 0 unspecified atom stereocenters. The van der Waals surface area contributed by atoms with Crippen LogP contribution >= 0.6 is 11.6 Å². The first kappa shape index (κ1) is 21.5. The summed E-state index contributed by atoms with van der Waals surface area (Å²) in [5.74, 6) is -0.0496. The molecule has 0 spiro atoms. The molecule has 1 aromatic carbocycles. The van der Waals surface area contributed by atoms with Gasteiger partial charge in [-0.3, -0.25) is 9.78 Å². The van der Waals surface area contributed by atoms with Crippen molar-refractivity contribution in [3.8, 4) is 5.75 Å². The summed E-state index contributed by atoms with van der Waals surface area (Å²) < 4.78 is 50.4. The van der Waals surface area contributed by atoms with Crippen molar-refractivity contribution < 1.29 is 27.4 Å². The van der Waals surface area contributed by atoms with Crippen LogP contribution in [0.3, 0.4) is 0 Å². The Morgan fingerprint density at radius 1 is 1.25 bits per heavy atom. The predicted octanol–water partition coefficient (Wildman–Crippen LogP) is 4.64. The maximum atomic E-state index is 13.1. The van der Waals surface area contributed by atoms with Crippen LogP contribution in [0.4, 0.5) is 13.2 Å². The third-order valence-electron chi connectivity index (χ3n) is 6.97. The van der Waals surface area contributed by atoms with Crippen LogP contribution in [-0.2, 0) is 10.2 Å². The van der Waals surface area contributed by atoms with Gasteiger partial charge in [-0.25, -0.2) is 0 Å². The van der Waals surface area contributed by atoms with Crippen LogP contribution in [0.15, 0.2) is 42.6 Å². The SMILES string of the molecule is O=C(c1ccc(OCC2(C(F)(F)F)CC2)c(Cl)c1)N1CC[C@@]2(c3ccccn3)CO[C@H]2C1. The molecular formula is C23H22ClF3N2O3. The summed E-state index contributed by atoms with van der Waals surface area (Å²) in [5.41, 5.74) is -0.587. The van der Waals surface area contributed by atoms with Gasteiger partial charge in [0.1, 0.15) is 17.8 Å². The van der Waals surface area contributed by atoms with Crippen LogP contribution < -0.4 is 4.74 Å². The fraction of sp³-hybridized carbons (Fsp3) is 0.478. The monoisotopic (exact) mass is 466 g/mol. The van der Waals surface area contributed by atoms with E-state index >= 15 is 0 Å². The summed E-state index contributed by atoms with van der Waals surface area (Å²) in [5, 5.41) is 0.119. The Kier molecular flexibility index (Phi) is 5.13. The van der Waals surface area contributed by atoms with E-state index in [1.807, 2.05) is 18.2 Å². The average molecular weight is 467 g/mol. The highest BCUT2D eigenvalue weighted by Gasteiger charge is 2.64. The number of nitrogens with zero attached hydrogens (tertiary/aromatic N) is 2. The third kappa shape index (κ3) is 3.53. The van der Waals surface area contributed by atoms with E-state index in [0.29, 0.717) is 25.3 Å². The van der Waals surface area contributed by atoms with Crippen molar-refractivity contribution in [1.82, 2.24) is 9.88 Å². The first-order valence-corrected chi connectivity index (χ1v) is 10.9. The fourth-order valence-corrected chi connectivity index (χ4v) is 4.74. The van der Waals surface area contributed by atoms with Crippen molar-refractivity contribution in [2.45, 2.75) is 37.0 Å². The topological polar surface area (TPSA) is 51.7 Å². The number of fused-ring (bicyclic) bond motifs is 1. The molecule has 2 saturated heterocycles. The van der Waals surface area contributed by atoms with E-state index in [1.165, 1.54) is 12.1 Å². The molecule has 0 N–H and O–H groups in total. The van der Waals surface area contributed by atoms with Crippen LogP contribution in [0.25, 0.3) is 0 Å². The van der Waals surface area contributed by atoms with E-state index in [-0.39, 0.29) is 41.0 Å². The lowest BCUT2D eigenvalue weighted by atomic mass is 9.70. The van der Waals surface area contributed by atoms with E-state index in [9.17, 15) is 18.0 Å². The molecule has 0 radical (unpaired) electrons. The van der Waals surface area contributed by atoms with E-state index in [4.69, 9.17) is 21.1 Å². The van der Waals surface area contributed by atoms with E-state index in [0.717, 1.165) is 12.1 Å². The second kappa shape index (κ2) is 7.63. The number of pyridine rings is 1. The van der Waals surface area contributed by atoms with Gasteiger partial charge in [0.2, 0.25) is 0 Å². The van der Waals surface area contributed by atoms with Crippen LogP contribution in [0.2, 0.25) is 5.02 Å². The molecule has 2 aliphatic heterocycles. The fourth-order valence-electron chi connectivity index (χ4n) is 4.51. The van der Waals surface area contributed by atoms with Crippen LogP contribution in [0.1, 0.15) is 35.3 Å². The molecule has 2 aromatic rings. The highest BCUT2D eigenvalue weighted by molar-refractivity contribution is 6.32. The van der Waals surface area contributed by atoms with Gasteiger partial charge in [0.25, 0.3) is 5.91 Å². The number of carbonyl (C=O) groups excluding carboxylic acids is 1. The summed E-state index contributed by atoms with van der Waals surface area (Å²) in [7, 11) is 0. The summed E-state index contributed by atoms with van der Waals surface area (Å²) >= 11 is 6.23. The van der Waals surface area contributed by atoms with Crippen molar-refractivity contribution in [1.29, 1.82) is 0 Å². The maximum Gasteiger partial charge on any atom is 0.397 e. The van der Waals surface area contributed by atoms with E-state index in [2.05, 4.69) is 4.98 Å². The molecule has 170 valence electrons. The van der Waals surface area contributed by atoms with Crippen molar-refractivity contribution in [2.75, 3.05) is 26.3 Å². The number of ether oxygens (including phenoxy) is 2. The second-order valence-corrected chi connectivity index (χ2v) is 9.29. The van der Waals surface area contributed by atoms with Crippen LogP contribution in [0, 0.1) is 5.41 Å². The summed E-state index contributed by atoms with van der Waals surface area (Å²) in [4.78, 5) is 19.3. The van der Waals surface area contributed by atoms with Gasteiger partial charge >= 0.3 is 6.18 Å². The molecule has 32 heavy (non-hydrogen) atoms. The average Bonchev–Trinajstić information content (AvgIpc) is 3.55. The van der Waals surface area contributed by atoms with Gasteiger partial charge in [0.15, 0.2) is 0 Å². The molecular weight excluding hydrogens is 445 g/mol. The smallest absolute Gasteiger partial charge is 0.397 e. The first-order chi connectivity index (χ1) is 15.2. The Labute approximate surface area is 188 Å². The van der Waals surface area contributed by atoms with Crippen molar-refractivity contribution >= 4 is 17.5 Å². The Bertz CT molecular complexity index is 1030. The molecule has 0 bridgehead atoms. The number of likely N-dealkylation sites (tertiary alicyclic amines) is 1. The predicted molar refractivity (Wildman–Crippen MR) is 111 cm³/mol. The number of alkyl halides is 3. The quantitative estimate of drug-likeness (QED) is 0.644. The van der Waals surface area contributed by atoms with Crippen molar-refractivity contribution in [2.24, 2.45) is 5.41 Å². The lowest BCUT2D eigenvalue weighted by molar-refractivity contribution is -0.194. The summed E-state index contributed by atoms with van der Waals surface area (Å²) in [6.45, 7) is 1.12. The second-order valence-electron chi connectivity index (χ2n) is 8.88. The zero-order valence-corrected chi connectivity index (χ0v) is 18.0. The molecule has 3 aliphatic rings. The van der Waals surface area contributed by atoms with Gasteiger partial charge in [-0.1, -0.05) is 17.7 Å². The summed E-state index contributed by atoms with van der Waals surface area (Å²) in [6, 6.07) is 10.3. The number of carbonyl (C=O) groups is 1. The molecule has 9 heteroatoms.